The van der Waals surface area contributed by atoms with Crippen molar-refractivity contribution in [2.45, 2.75) is 32.2 Å². The van der Waals surface area contributed by atoms with Gasteiger partial charge in [-0.25, -0.2) is 0 Å². The molecule has 1 aromatic rings. The lowest BCUT2D eigenvalue weighted by Crippen LogP contribution is -2.35. The Bertz CT molecular complexity index is 439. The average molecular weight is 259 g/mol. The molecular weight excluding hydrogens is 238 g/mol. The van der Waals surface area contributed by atoms with Gasteiger partial charge in [-0.3, -0.25) is 4.79 Å². The second-order valence-corrected chi connectivity index (χ2v) is 4.84. The molecule has 102 valence electrons. The predicted molar refractivity (Wildman–Crippen MR) is 75.9 cm³/mol. The molecular formula is C16H21NO2. The Balaban J connectivity index is 1.86. The van der Waals surface area contributed by atoms with Gasteiger partial charge < -0.3 is 10.1 Å². The molecule has 3 heteroatoms. The van der Waals surface area contributed by atoms with Gasteiger partial charge in [0, 0.05) is 12.6 Å². The summed E-state index contributed by atoms with van der Waals surface area (Å²) in [6, 6.07) is 10.9. The van der Waals surface area contributed by atoms with Crippen LogP contribution in [0.3, 0.4) is 0 Å². The quantitative estimate of drug-likeness (QED) is 0.652. The summed E-state index contributed by atoms with van der Waals surface area (Å²) in [6.45, 7) is 3.14. The minimum absolute atomic E-state index is 0.117. The molecule has 1 unspecified atom stereocenters. The summed E-state index contributed by atoms with van der Waals surface area (Å²) in [7, 11) is 0. The summed E-state index contributed by atoms with van der Waals surface area (Å²) in [6.07, 6.45) is 4.47. The Labute approximate surface area is 114 Å². The minimum atomic E-state index is -0.117. The van der Waals surface area contributed by atoms with Crippen molar-refractivity contribution in [1.82, 2.24) is 5.32 Å². The topological polar surface area (TPSA) is 38.3 Å². The van der Waals surface area contributed by atoms with Gasteiger partial charge in [-0.1, -0.05) is 42.0 Å². The van der Waals surface area contributed by atoms with Crippen LogP contribution in [-0.2, 0) is 16.0 Å². The average Bonchev–Trinajstić information content (AvgIpc) is 2.40. The zero-order chi connectivity index (χ0) is 13.5. The molecule has 0 saturated carbocycles. The smallest absolute Gasteiger partial charge is 0.309 e. The minimum Gasteiger partial charge on any atom is -0.466 e. The lowest BCUT2D eigenvalue weighted by molar-refractivity contribution is -0.142. The zero-order valence-electron chi connectivity index (χ0n) is 11.4. The van der Waals surface area contributed by atoms with Crippen molar-refractivity contribution in [2.24, 2.45) is 0 Å². The number of ether oxygens (including phenoxy) is 1. The second-order valence-electron chi connectivity index (χ2n) is 4.84. The van der Waals surface area contributed by atoms with E-state index in [1.54, 1.807) is 0 Å². The molecule has 0 fully saturated rings. The van der Waals surface area contributed by atoms with Crippen LogP contribution in [0.1, 0.15) is 25.3 Å². The second kappa shape index (κ2) is 7.10. The molecule has 0 bridgehead atoms. The zero-order valence-corrected chi connectivity index (χ0v) is 11.4. The highest BCUT2D eigenvalue weighted by Gasteiger charge is 2.17. The number of esters is 1. The summed E-state index contributed by atoms with van der Waals surface area (Å²) in [5.41, 5.74) is 2.52. The van der Waals surface area contributed by atoms with Crippen LogP contribution >= 0.6 is 0 Å². The van der Waals surface area contributed by atoms with Gasteiger partial charge in [-0.15, -0.1) is 0 Å². The molecule has 0 saturated heterocycles. The first-order chi connectivity index (χ1) is 9.28. The molecule has 1 N–H and O–H groups in total. The van der Waals surface area contributed by atoms with Crippen molar-refractivity contribution in [3.63, 3.8) is 0 Å². The Morgan fingerprint density at radius 1 is 1.37 bits per heavy atom. The van der Waals surface area contributed by atoms with Crippen LogP contribution in [0.25, 0.3) is 0 Å². The van der Waals surface area contributed by atoms with Gasteiger partial charge in [-0.05, 0) is 25.3 Å². The molecule has 1 aliphatic heterocycles. The van der Waals surface area contributed by atoms with Crippen molar-refractivity contribution < 1.29 is 9.53 Å². The predicted octanol–water partition coefficient (Wildman–Crippen LogP) is 2.47. The molecule has 0 aliphatic carbocycles. The molecule has 0 radical (unpaired) electrons. The van der Waals surface area contributed by atoms with Crippen molar-refractivity contribution in [1.29, 1.82) is 0 Å². The Morgan fingerprint density at radius 2 is 2.16 bits per heavy atom. The SMILES string of the molecule is CCOC(=O)CC1=CCNC(Cc2ccccc2)C1. The van der Waals surface area contributed by atoms with E-state index < -0.39 is 0 Å². The summed E-state index contributed by atoms with van der Waals surface area (Å²) < 4.78 is 5.00. The molecule has 1 aliphatic rings. The van der Waals surface area contributed by atoms with Gasteiger partial charge in [0.25, 0.3) is 0 Å². The maximum atomic E-state index is 11.5. The van der Waals surface area contributed by atoms with E-state index in [1.165, 1.54) is 11.1 Å². The maximum Gasteiger partial charge on any atom is 0.309 e. The fourth-order valence-corrected chi connectivity index (χ4v) is 2.43. The molecule has 0 aromatic heterocycles. The number of hydrogen-bond acceptors (Lipinski definition) is 3. The fraction of sp³-hybridized carbons (Fsp3) is 0.438. The van der Waals surface area contributed by atoms with Gasteiger partial charge in [0.1, 0.15) is 0 Å². The van der Waals surface area contributed by atoms with Crippen LogP contribution in [0.15, 0.2) is 42.0 Å². The third kappa shape index (κ3) is 4.52. The van der Waals surface area contributed by atoms with Crippen molar-refractivity contribution in [3.8, 4) is 0 Å². The highest BCUT2D eigenvalue weighted by molar-refractivity contribution is 5.72. The summed E-state index contributed by atoms with van der Waals surface area (Å²) in [5.74, 6) is -0.117. The first-order valence-electron chi connectivity index (χ1n) is 6.88. The molecule has 0 amide bonds. The van der Waals surface area contributed by atoms with Crippen LogP contribution in [0.5, 0.6) is 0 Å². The standard InChI is InChI=1S/C16H21NO2/c1-2-19-16(18)12-14-8-9-17-15(11-14)10-13-6-4-3-5-7-13/h3-8,15,17H,2,9-12H2,1H3. The van der Waals surface area contributed by atoms with Gasteiger partial charge in [0.05, 0.1) is 13.0 Å². The molecule has 3 nitrogen and oxygen atoms in total. The Hall–Kier alpha value is -1.61. The van der Waals surface area contributed by atoms with Crippen LogP contribution in [0.2, 0.25) is 0 Å². The summed E-state index contributed by atoms with van der Waals surface area (Å²) in [4.78, 5) is 11.5. The number of rotatable bonds is 5. The lowest BCUT2D eigenvalue weighted by Gasteiger charge is -2.24. The van der Waals surface area contributed by atoms with E-state index in [2.05, 4.69) is 35.7 Å². The van der Waals surface area contributed by atoms with E-state index in [0.717, 1.165) is 19.4 Å². The maximum absolute atomic E-state index is 11.5. The van der Waals surface area contributed by atoms with Crippen LogP contribution in [0, 0.1) is 0 Å². The van der Waals surface area contributed by atoms with Gasteiger partial charge in [0.15, 0.2) is 0 Å². The van der Waals surface area contributed by atoms with Crippen molar-refractivity contribution in [2.75, 3.05) is 13.2 Å². The molecule has 1 aromatic carbocycles. The fourth-order valence-electron chi connectivity index (χ4n) is 2.43. The number of benzene rings is 1. The Morgan fingerprint density at radius 3 is 2.89 bits per heavy atom. The Kier molecular flexibility index (Phi) is 5.16. The van der Waals surface area contributed by atoms with E-state index in [4.69, 9.17) is 4.74 Å². The van der Waals surface area contributed by atoms with Crippen molar-refractivity contribution in [3.05, 3.63) is 47.5 Å². The van der Waals surface area contributed by atoms with E-state index >= 15 is 0 Å². The van der Waals surface area contributed by atoms with Crippen LogP contribution in [-0.4, -0.2) is 25.2 Å². The van der Waals surface area contributed by atoms with Crippen LogP contribution in [0.4, 0.5) is 0 Å². The lowest BCUT2D eigenvalue weighted by atomic mass is 9.94. The number of nitrogens with one attached hydrogen (secondary N) is 1. The number of hydrogen-bond donors (Lipinski definition) is 1. The monoisotopic (exact) mass is 259 g/mol. The normalized spacial score (nSPS) is 18.8. The van der Waals surface area contributed by atoms with Gasteiger partial charge >= 0.3 is 5.97 Å². The van der Waals surface area contributed by atoms with E-state index in [-0.39, 0.29) is 5.97 Å². The van der Waals surface area contributed by atoms with Crippen LogP contribution < -0.4 is 5.32 Å². The van der Waals surface area contributed by atoms with Crippen molar-refractivity contribution >= 4 is 5.97 Å². The highest BCUT2D eigenvalue weighted by atomic mass is 16.5. The summed E-state index contributed by atoms with van der Waals surface area (Å²) in [5, 5.41) is 3.47. The number of carbonyl (C=O) groups is 1. The third-order valence-electron chi connectivity index (χ3n) is 3.31. The largest absolute Gasteiger partial charge is 0.466 e. The van der Waals surface area contributed by atoms with E-state index in [9.17, 15) is 4.79 Å². The highest BCUT2D eigenvalue weighted by Crippen LogP contribution is 2.17. The molecule has 1 heterocycles. The molecule has 19 heavy (non-hydrogen) atoms. The van der Waals surface area contributed by atoms with Gasteiger partial charge in [-0.2, -0.15) is 0 Å². The molecule has 2 rings (SSSR count). The third-order valence-corrected chi connectivity index (χ3v) is 3.31. The van der Waals surface area contributed by atoms with E-state index in [0.29, 0.717) is 19.1 Å². The first-order valence-corrected chi connectivity index (χ1v) is 6.88. The summed E-state index contributed by atoms with van der Waals surface area (Å²) >= 11 is 0. The molecule has 0 spiro atoms. The number of carbonyl (C=O) groups excluding carboxylic acids is 1. The van der Waals surface area contributed by atoms with E-state index in [1.807, 2.05) is 13.0 Å². The molecule has 1 atom stereocenters. The first kappa shape index (κ1) is 13.8. The van der Waals surface area contributed by atoms with Gasteiger partial charge in [0.2, 0.25) is 0 Å².